The molecule has 0 atom stereocenters. The van der Waals surface area contributed by atoms with E-state index in [1.165, 1.54) is 0 Å². The lowest BCUT2D eigenvalue weighted by atomic mass is 10.1. The largest absolute Gasteiger partial charge is 0.495 e. The number of halogens is 1. The maximum atomic E-state index is 12.5. The summed E-state index contributed by atoms with van der Waals surface area (Å²) in [5.41, 5.74) is 3.35. The minimum absolute atomic E-state index is 0.410. The molecule has 0 saturated carbocycles. The molecule has 3 heterocycles. The third-order valence-electron chi connectivity index (χ3n) is 6.54. The van der Waals surface area contributed by atoms with Crippen molar-refractivity contribution in [1.29, 1.82) is 0 Å². The molecule has 4 rings (SSSR count). The summed E-state index contributed by atoms with van der Waals surface area (Å²) in [4.78, 5) is 9.19. The highest BCUT2D eigenvalue weighted by atomic mass is 35.5. The van der Waals surface area contributed by atoms with Crippen molar-refractivity contribution in [3.05, 3.63) is 41.7 Å². The van der Waals surface area contributed by atoms with Crippen LogP contribution >= 0.6 is 11.6 Å². The summed E-state index contributed by atoms with van der Waals surface area (Å²) in [5.74, 6) is 1.23. The lowest BCUT2D eigenvalue weighted by Crippen LogP contribution is -2.50. The highest BCUT2D eigenvalue weighted by molar-refractivity contribution is 7.89. The molecule has 11 heteroatoms. The number of fused-ring (bicyclic) bond motifs is 1. The number of piperazine rings is 1. The van der Waals surface area contributed by atoms with E-state index >= 15 is 0 Å². The first-order valence-corrected chi connectivity index (χ1v) is 14.4. The minimum Gasteiger partial charge on any atom is -0.495 e. The third kappa shape index (κ3) is 6.14. The van der Waals surface area contributed by atoms with Gasteiger partial charge < -0.3 is 23.7 Å². The number of aromatic nitrogens is 2. The maximum Gasteiger partial charge on any atom is 0.216 e. The van der Waals surface area contributed by atoms with E-state index in [-0.39, 0.29) is 0 Å². The Balaban J connectivity index is 1.56. The predicted octanol–water partition coefficient (Wildman–Crippen LogP) is 3.85. The fraction of sp³-hybridized carbons (Fsp3) is 0.500. The summed E-state index contributed by atoms with van der Waals surface area (Å²) in [5, 5.41) is 0.0807. The summed E-state index contributed by atoms with van der Waals surface area (Å²) >= 11 is 6.47. The lowest BCUT2D eigenvalue weighted by Gasteiger charge is -2.36. The highest BCUT2D eigenvalue weighted by Gasteiger charge is 2.29. The molecule has 0 spiro atoms. The van der Waals surface area contributed by atoms with E-state index < -0.39 is 15.3 Å². The Morgan fingerprint density at radius 1 is 1.11 bits per heavy atom. The van der Waals surface area contributed by atoms with E-state index in [2.05, 4.69) is 9.80 Å². The SMILES string of the molecule is COc1cc(OCCCN(C)C)c(-c2cn3ccc(N4CCN(S(=O)(=O)C(C)C)CC4)cc3n2)cc1Cl. The van der Waals surface area contributed by atoms with Gasteiger partial charge in [0.2, 0.25) is 10.0 Å². The number of hydrogen-bond acceptors (Lipinski definition) is 7. The monoisotopic (exact) mass is 549 g/mol. The van der Waals surface area contributed by atoms with Crippen molar-refractivity contribution in [2.45, 2.75) is 25.5 Å². The zero-order chi connectivity index (χ0) is 26.7. The molecule has 0 amide bonds. The summed E-state index contributed by atoms with van der Waals surface area (Å²) in [6, 6.07) is 7.70. The van der Waals surface area contributed by atoms with Gasteiger partial charge in [-0.15, -0.1) is 0 Å². The summed E-state index contributed by atoms with van der Waals surface area (Å²) < 4.78 is 40.1. The molecule has 0 bridgehead atoms. The van der Waals surface area contributed by atoms with Gasteiger partial charge in [-0.25, -0.2) is 13.4 Å². The number of hydrogen-bond donors (Lipinski definition) is 0. The second kappa shape index (κ2) is 11.5. The van der Waals surface area contributed by atoms with Gasteiger partial charge in [0.05, 0.1) is 29.7 Å². The molecule has 1 fully saturated rings. The smallest absolute Gasteiger partial charge is 0.216 e. The van der Waals surface area contributed by atoms with Crippen molar-refractivity contribution in [2.75, 3.05) is 65.4 Å². The van der Waals surface area contributed by atoms with Gasteiger partial charge in [0.15, 0.2) is 0 Å². The highest BCUT2D eigenvalue weighted by Crippen LogP contribution is 2.38. The molecule has 1 saturated heterocycles. The van der Waals surface area contributed by atoms with Crippen molar-refractivity contribution in [3.8, 4) is 22.8 Å². The fourth-order valence-corrected chi connectivity index (χ4v) is 5.88. The van der Waals surface area contributed by atoms with E-state index in [1.807, 2.05) is 55.2 Å². The molecule has 1 aliphatic rings. The Bertz CT molecular complexity index is 1330. The molecule has 1 aliphatic heterocycles. The Labute approximate surface area is 224 Å². The molecule has 2 aromatic heterocycles. The average Bonchev–Trinajstić information content (AvgIpc) is 3.30. The topological polar surface area (TPSA) is 79.6 Å². The fourth-order valence-electron chi connectivity index (χ4n) is 4.37. The van der Waals surface area contributed by atoms with Crippen molar-refractivity contribution < 1.29 is 17.9 Å². The van der Waals surface area contributed by atoms with Crippen LogP contribution < -0.4 is 14.4 Å². The number of nitrogens with zero attached hydrogens (tertiary/aromatic N) is 5. The molecule has 1 aromatic carbocycles. The summed E-state index contributed by atoms with van der Waals surface area (Å²) in [7, 11) is 2.42. The van der Waals surface area contributed by atoms with E-state index in [9.17, 15) is 8.42 Å². The maximum absolute atomic E-state index is 12.5. The number of pyridine rings is 1. The van der Waals surface area contributed by atoms with Crippen molar-refractivity contribution >= 4 is 33.0 Å². The van der Waals surface area contributed by atoms with Gasteiger partial charge in [-0.05, 0) is 46.5 Å². The van der Waals surface area contributed by atoms with E-state index in [0.29, 0.717) is 49.3 Å². The number of benzene rings is 1. The number of sulfonamides is 1. The van der Waals surface area contributed by atoms with Crippen molar-refractivity contribution in [3.63, 3.8) is 0 Å². The van der Waals surface area contributed by atoms with Gasteiger partial charge >= 0.3 is 0 Å². The van der Waals surface area contributed by atoms with Crippen LogP contribution in [0.15, 0.2) is 36.7 Å². The van der Waals surface area contributed by atoms with Crippen LogP contribution in [0.1, 0.15) is 20.3 Å². The standard InChI is InChI=1S/C26H36ClN5O4S/c1-19(2)37(33,34)32-12-10-30(11-13-32)20-7-9-31-18-23(28-26(31)15-20)21-16-22(27)25(35-5)17-24(21)36-14-6-8-29(3)4/h7,9,15-19H,6,8,10-14H2,1-5H3. The van der Waals surface area contributed by atoms with Gasteiger partial charge in [-0.2, -0.15) is 4.31 Å². The quantitative estimate of drug-likeness (QED) is 0.355. The third-order valence-corrected chi connectivity index (χ3v) is 9.11. The van der Waals surface area contributed by atoms with Crippen LogP contribution in [0.3, 0.4) is 0 Å². The number of anilines is 1. The van der Waals surface area contributed by atoms with E-state index in [1.54, 1.807) is 25.3 Å². The number of methoxy groups -OCH3 is 1. The lowest BCUT2D eigenvalue weighted by molar-refractivity contribution is 0.281. The summed E-state index contributed by atoms with van der Waals surface area (Å²) in [6.07, 6.45) is 4.82. The van der Waals surface area contributed by atoms with Crippen LogP contribution in [0, 0.1) is 0 Å². The normalized spacial score (nSPS) is 15.2. The number of rotatable bonds is 10. The minimum atomic E-state index is -3.24. The second-order valence-electron chi connectivity index (χ2n) is 9.74. The van der Waals surface area contributed by atoms with Crippen molar-refractivity contribution in [2.24, 2.45) is 0 Å². The molecule has 202 valence electrons. The zero-order valence-corrected chi connectivity index (χ0v) is 23.7. The van der Waals surface area contributed by atoms with Gasteiger partial charge in [0, 0.05) is 68.5 Å². The molecule has 9 nitrogen and oxygen atoms in total. The van der Waals surface area contributed by atoms with Crippen LogP contribution in [0.4, 0.5) is 5.69 Å². The molecule has 0 radical (unpaired) electrons. The predicted molar refractivity (Wildman–Crippen MR) is 149 cm³/mol. The van der Waals surface area contributed by atoms with E-state index in [4.69, 9.17) is 26.1 Å². The van der Waals surface area contributed by atoms with E-state index in [0.717, 1.165) is 35.6 Å². The van der Waals surface area contributed by atoms with Gasteiger partial charge in [-0.3, -0.25) is 0 Å². The molecule has 37 heavy (non-hydrogen) atoms. The summed E-state index contributed by atoms with van der Waals surface area (Å²) in [6.45, 7) is 7.16. The molecule has 0 unspecified atom stereocenters. The van der Waals surface area contributed by atoms with Crippen molar-refractivity contribution in [1.82, 2.24) is 18.6 Å². The first kappa shape index (κ1) is 27.5. The molecule has 3 aromatic rings. The van der Waals surface area contributed by atoms with Crippen LogP contribution in [-0.2, 0) is 10.0 Å². The second-order valence-corrected chi connectivity index (χ2v) is 12.6. The Hall–Kier alpha value is -2.53. The number of ether oxygens (including phenoxy) is 2. The molecule has 0 aliphatic carbocycles. The van der Waals surface area contributed by atoms with Gasteiger partial charge in [-0.1, -0.05) is 11.6 Å². The van der Waals surface area contributed by atoms with Crippen LogP contribution in [0.5, 0.6) is 11.5 Å². The van der Waals surface area contributed by atoms with Crippen LogP contribution in [-0.4, -0.2) is 92.8 Å². The number of imidazole rings is 1. The molecule has 0 N–H and O–H groups in total. The van der Waals surface area contributed by atoms with Crippen LogP contribution in [0.2, 0.25) is 5.02 Å². The molecular weight excluding hydrogens is 514 g/mol. The first-order chi connectivity index (χ1) is 17.6. The average molecular weight is 550 g/mol. The Kier molecular flexibility index (Phi) is 8.52. The Morgan fingerprint density at radius 2 is 1.84 bits per heavy atom. The first-order valence-electron chi connectivity index (χ1n) is 12.5. The zero-order valence-electron chi connectivity index (χ0n) is 22.1. The Morgan fingerprint density at radius 3 is 2.49 bits per heavy atom. The van der Waals surface area contributed by atoms with Gasteiger partial charge in [0.1, 0.15) is 17.1 Å². The van der Waals surface area contributed by atoms with Crippen LogP contribution in [0.25, 0.3) is 16.9 Å². The molecular formula is C26H36ClN5O4S. The van der Waals surface area contributed by atoms with Gasteiger partial charge in [0.25, 0.3) is 0 Å².